The van der Waals surface area contributed by atoms with E-state index in [0.29, 0.717) is 5.02 Å². The molecule has 0 heterocycles. The number of halogens is 2. The molecule has 3 atom stereocenters. The summed E-state index contributed by atoms with van der Waals surface area (Å²) in [5.41, 5.74) is 0.834. The molecule has 0 spiro atoms. The third-order valence-electron chi connectivity index (χ3n) is 4.74. The summed E-state index contributed by atoms with van der Waals surface area (Å²) < 4.78 is 31.6. The van der Waals surface area contributed by atoms with Crippen LogP contribution in [-0.4, -0.2) is 30.8 Å². The van der Waals surface area contributed by atoms with Crippen molar-refractivity contribution in [1.82, 2.24) is 0 Å². The third kappa shape index (κ3) is 4.46. The summed E-state index contributed by atoms with van der Waals surface area (Å²) >= 11 is 11.9. The predicted molar refractivity (Wildman–Crippen MR) is 103 cm³/mol. The van der Waals surface area contributed by atoms with Crippen molar-refractivity contribution in [1.29, 1.82) is 0 Å². The highest BCUT2D eigenvalue weighted by Gasteiger charge is 2.45. The summed E-state index contributed by atoms with van der Waals surface area (Å²) in [5.74, 6) is -1.95. The SMILES string of the molecule is O=C(O)[C@H]1C[C@H](S(=O)(=O)c2ccccc2Cl)C[C@@H]1OCc1ccc(Cl)cc1. The minimum absolute atomic E-state index is 0.00578. The minimum Gasteiger partial charge on any atom is -0.481 e. The van der Waals surface area contributed by atoms with Gasteiger partial charge in [-0.15, -0.1) is 0 Å². The molecule has 0 amide bonds. The molecule has 0 aliphatic heterocycles. The Hall–Kier alpha value is -1.60. The van der Waals surface area contributed by atoms with E-state index in [9.17, 15) is 18.3 Å². The van der Waals surface area contributed by atoms with E-state index in [1.807, 2.05) is 0 Å². The zero-order chi connectivity index (χ0) is 19.6. The van der Waals surface area contributed by atoms with Crippen LogP contribution in [0.1, 0.15) is 18.4 Å². The second kappa shape index (κ2) is 8.19. The zero-order valence-electron chi connectivity index (χ0n) is 14.2. The number of aliphatic carboxylic acids is 1. The van der Waals surface area contributed by atoms with Gasteiger partial charge in [-0.25, -0.2) is 8.42 Å². The normalized spacial score (nSPS) is 22.7. The number of carbonyl (C=O) groups is 1. The topological polar surface area (TPSA) is 80.7 Å². The highest BCUT2D eigenvalue weighted by molar-refractivity contribution is 7.92. The summed E-state index contributed by atoms with van der Waals surface area (Å²) in [6.07, 6.45) is -0.591. The lowest BCUT2D eigenvalue weighted by molar-refractivity contribution is -0.146. The molecule has 1 aliphatic rings. The van der Waals surface area contributed by atoms with Crippen LogP contribution in [-0.2, 0) is 26.0 Å². The quantitative estimate of drug-likeness (QED) is 0.744. The van der Waals surface area contributed by atoms with Crippen molar-refractivity contribution in [3.63, 3.8) is 0 Å². The first-order valence-corrected chi connectivity index (χ1v) is 10.7. The molecular formula is C19H18Cl2O5S. The van der Waals surface area contributed by atoms with Crippen molar-refractivity contribution in [2.45, 2.75) is 35.7 Å². The van der Waals surface area contributed by atoms with E-state index in [2.05, 4.69) is 0 Å². The van der Waals surface area contributed by atoms with Gasteiger partial charge >= 0.3 is 5.97 Å². The molecule has 27 heavy (non-hydrogen) atoms. The molecule has 0 radical (unpaired) electrons. The van der Waals surface area contributed by atoms with Crippen LogP contribution in [0.5, 0.6) is 0 Å². The number of benzene rings is 2. The summed E-state index contributed by atoms with van der Waals surface area (Å²) in [6.45, 7) is 0.185. The first-order chi connectivity index (χ1) is 12.8. The summed E-state index contributed by atoms with van der Waals surface area (Å²) in [6, 6.07) is 13.2. The molecular weight excluding hydrogens is 411 g/mol. The van der Waals surface area contributed by atoms with Gasteiger partial charge in [-0.05, 0) is 42.7 Å². The zero-order valence-corrected chi connectivity index (χ0v) is 16.5. The van der Waals surface area contributed by atoms with Crippen molar-refractivity contribution < 1.29 is 23.1 Å². The van der Waals surface area contributed by atoms with E-state index in [4.69, 9.17) is 27.9 Å². The van der Waals surface area contributed by atoms with Gasteiger partial charge in [0.15, 0.2) is 9.84 Å². The van der Waals surface area contributed by atoms with Gasteiger partial charge in [-0.2, -0.15) is 0 Å². The highest BCUT2D eigenvalue weighted by atomic mass is 35.5. The molecule has 5 nitrogen and oxygen atoms in total. The van der Waals surface area contributed by atoms with Gasteiger partial charge in [0.05, 0.1) is 33.8 Å². The van der Waals surface area contributed by atoms with Gasteiger partial charge in [0.1, 0.15) is 0 Å². The number of ether oxygens (including phenoxy) is 1. The molecule has 0 bridgehead atoms. The van der Waals surface area contributed by atoms with Crippen LogP contribution in [0.2, 0.25) is 10.0 Å². The summed E-state index contributed by atoms with van der Waals surface area (Å²) in [7, 11) is -3.75. The number of hydrogen-bond donors (Lipinski definition) is 1. The van der Waals surface area contributed by atoms with Gasteiger partial charge in [0.2, 0.25) is 0 Å². The lowest BCUT2D eigenvalue weighted by atomic mass is 10.1. The largest absolute Gasteiger partial charge is 0.481 e. The predicted octanol–water partition coefficient (Wildman–Crippen LogP) is 4.22. The molecule has 0 saturated heterocycles. The fraction of sp³-hybridized carbons (Fsp3) is 0.316. The lowest BCUT2D eigenvalue weighted by Crippen LogP contribution is -2.25. The number of carboxylic acids is 1. The maximum absolute atomic E-state index is 12.9. The monoisotopic (exact) mass is 428 g/mol. The standard InChI is InChI=1S/C19H18Cl2O5S/c20-13-7-5-12(6-8-13)11-26-17-10-14(9-15(17)19(22)23)27(24,25)18-4-2-1-3-16(18)21/h1-8,14-15,17H,9-11H2,(H,22,23)/t14-,15-,17-/m0/s1. The average molecular weight is 429 g/mol. The fourth-order valence-corrected chi connectivity index (χ4v) is 5.75. The van der Waals surface area contributed by atoms with E-state index in [1.165, 1.54) is 12.1 Å². The van der Waals surface area contributed by atoms with Gasteiger partial charge in [-0.3, -0.25) is 4.79 Å². The lowest BCUT2D eigenvalue weighted by Gasteiger charge is -2.16. The first kappa shape index (κ1) is 20.1. The summed E-state index contributed by atoms with van der Waals surface area (Å²) in [4.78, 5) is 11.7. The number of sulfone groups is 1. The van der Waals surface area contributed by atoms with E-state index < -0.39 is 33.1 Å². The van der Waals surface area contributed by atoms with Crippen LogP contribution in [0.25, 0.3) is 0 Å². The Bertz CT molecular complexity index is 927. The molecule has 0 aromatic heterocycles. The van der Waals surface area contributed by atoms with E-state index in [1.54, 1.807) is 36.4 Å². The van der Waals surface area contributed by atoms with Crippen LogP contribution in [0.15, 0.2) is 53.4 Å². The Morgan fingerprint density at radius 3 is 2.37 bits per heavy atom. The van der Waals surface area contributed by atoms with E-state index in [0.717, 1.165) is 5.56 Å². The highest BCUT2D eigenvalue weighted by Crippen LogP contribution is 2.38. The number of carboxylic acid groups (broad SMARTS) is 1. The molecule has 1 fully saturated rings. The number of hydrogen-bond acceptors (Lipinski definition) is 4. The van der Waals surface area contributed by atoms with Gasteiger partial charge in [0.25, 0.3) is 0 Å². The summed E-state index contributed by atoms with van der Waals surface area (Å²) in [5, 5.41) is 9.38. The Labute approximate surface area is 167 Å². The molecule has 1 N–H and O–H groups in total. The van der Waals surface area contributed by atoms with Crippen LogP contribution < -0.4 is 0 Å². The number of rotatable bonds is 6. The first-order valence-electron chi connectivity index (χ1n) is 8.36. The molecule has 2 aromatic carbocycles. The molecule has 2 aromatic rings. The van der Waals surface area contributed by atoms with E-state index in [-0.39, 0.29) is 29.4 Å². The van der Waals surface area contributed by atoms with Crippen molar-refractivity contribution in [3.05, 3.63) is 64.1 Å². The van der Waals surface area contributed by atoms with Gasteiger partial charge < -0.3 is 9.84 Å². The smallest absolute Gasteiger partial charge is 0.309 e. The van der Waals surface area contributed by atoms with Crippen molar-refractivity contribution in [2.24, 2.45) is 5.92 Å². The van der Waals surface area contributed by atoms with Crippen LogP contribution >= 0.6 is 23.2 Å². The Morgan fingerprint density at radius 2 is 1.74 bits per heavy atom. The third-order valence-corrected chi connectivity index (χ3v) is 7.66. The fourth-order valence-electron chi connectivity index (χ4n) is 3.29. The molecule has 8 heteroatoms. The van der Waals surface area contributed by atoms with Crippen LogP contribution in [0.4, 0.5) is 0 Å². The van der Waals surface area contributed by atoms with Crippen LogP contribution in [0, 0.1) is 5.92 Å². The van der Waals surface area contributed by atoms with E-state index >= 15 is 0 Å². The maximum atomic E-state index is 12.9. The van der Waals surface area contributed by atoms with Crippen molar-refractivity contribution in [2.75, 3.05) is 0 Å². The molecule has 3 rings (SSSR count). The van der Waals surface area contributed by atoms with Gasteiger partial charge in [-0.1, -0.05) is 47.5 Å². The molecule has 1 saturated carbocycles. The molecule has 1 aliphatic carbocycles. The average Bonchev–Trinajstić information content (AvgIpc) is 3.07. The molecule has 144 valence electrons. The van der Waals surface area contributed by atoms with Crippen LogP contribution in [0.3, 0.4) is 0 Å². The molecule has 0 unspecified atom stereocenters. The Kier molecular flexibility index (Phi) is 6.11. The Morgan fingerprint density at radius 1 is 1.07 bits per heavy atom. The maximum Gasteiger partial charge on any atom is 0.309 e. The second-order valence-corrected chi connectivity index (χ2v) is 9.53. The van der Waals surface area contributed by atoms with Crippen molar-refractivity contribution >= 4 is 39.0 Å². The Balaban J connectivity index is 1.77. The van der Waals surface area contributed by atoms with Crippen molar-refractivity contribution in [3.8, 4) is 0 Å². The minimum atomic E-state index is -3.75. The van der Waals surface area contributed by atoms with Gasteiger partial charge in [0, 0.05) is 5.02 Å². The second-order valence-electron chi connectivity index (χ2n) is 6.49.